The Kier molecular flexibility index (Phi) is 4.66. The van der Waals surface area contributed by atoms with Gasteiger partial charge in [0.05, 0.1) is 12.8 Å². The van der Waals surface area contributed by atoms with Crippen LogP contribution in [0.5, 0.6) is 5.75 Å². The van der Waals surface area contributed by atoms with Crippen LogP contribution in [0.15, 0.2) is 30.5 Å². The zero-order chi connectivity index (χ0) is 14.5. The Hall–Kier alpha value is -1.97. The second kappa shape index (κ2) is 6.46. The number of benzene rings is 1. The zero-order valence-corrected chi connectivity index (χ0v) is 12.7. The van der Waals surface area contributed by atoms with E-state index >= 15 is 0 Å². The Bertz CT molecular complexity index is 543. The Morgan fingerprint density at radius 3 is 2.55 bits per heavy atom. The Balaban J connectivity index is 1.92. The minimum Gasteiger partial charge on any atom is -0.497 e. The summed E-state index contributed by atoms with van der Waals surface area (Å²) in [5.41, 5.74) is 2.34. The highest BCUT2D eigenvalue weighted by Gasteiger charge is 2.07. The van der Waals surface area contributed by atoms with E-state index in [-0.39, 0.29) is 0 Å². The molecule has 1 aromatic heterocycles. The van der Waals surface area contributed by atoms with Gasteiger partial charge in [0.1, 0.15) is 5.75 Å². The SMILES string of the molecule is COc1ccc(CCNc2nc(C)cn2C(C)C)cc1. The lowest BCUT2D eigenvalue weighted by Crippen LogP contribution is -2.11. The molecule has 0 saturated carbocycles. The number of anilines is 1. The molecule has 0 unspecified atom stereocenters. The van der Waals surface area contributed by atoms with Crippen LogP contribution < -0.4 is 10.1 Å². The number of hydrogen-bond donors (Lipinski definition) is 1. The number of nitrogens with one attached hydrogen (secondary N) is 1. The van der Waals surface area contributed by atoms with Gasteiger partial charge in [0.2, 0.25) is 5.95 Å². The van der Waals surface area contributed by atoms with Crippen LogP contribution >= 0.6 is 0 Å². The molecule has 20 heavy (non-hydrogen) atoms. The van der Waals surface area contributed by atoms with Crippen molar-refractivity contribution in [2.45, 2.75) is 33.2 Å². The first-order valence-electron chi connectivity index (χ1n) is 7.02. The summed E-state index contributed by atoms with van der Waals surface area (Å²) in [4.78, 5) is 4.52. The van der Waals surface area contributed by atoms with E-state index in [9.17, 15) is 0 Å². The third-order valence-electron chi connectivity index (χ3n) is 3.26. The van der Waals surface area contributed by atoms with Crippen LogP contribution in [-0.2, 0) is 6.42 Å². The van der Waals surface area contributed by atoms with Crippen molar-refractivity contribution in [3.63, 3.8) is 0 Å². The molecule has 0 aliphatic carbocycles. The number of rotatable bonds is 6. The molecular weight excluding hydrogens is 250 g/mol. The summed E-state index contributed by atoms with van der Waals surface area (Å²) in [6.45, 7) is 7.22. The molecule has 2 rings (SSSR count). The quantitative estimate of drug-likeness (QED) is 0.876. The Morgan fingerprint density at radius 1 is 1.25 bits per heavy atom. The summed E-state index contributed by atoms with van der Waals surface area (Å²) < 4.78 is 7.33. The van der Waals surface area contributed by atoms with Gasteiger partial charge in [0.25, 0.3) is 0 Å². The third-order valence-corrected chi connectivity index (χ3v) is 3.26. The number of ether oxygens (including phenoxy) is 1. The van der Waals surface area contributed by atoms with Crippen molar-refractivity contribution in [2.24, 2.45) is 0 Å². The molecule has 1 heterocycles. The lowest BCUT2D eigenvalue weighted by molar-refractivity contribution is 0.414. The molecule has 0 bridgehead atoms. The van der Waals surface area contributed by atoms with E-state index in [1.165, 1.54) is 5.56 Å². The van der Waals surface area contributed by atoms with E-state index in [0.717, 1.165) is 30.4 Å². The molecule has 108 valence electrons. The highest BCUT2D eigenvalue weighted by molar-refractivity contribution is 5.31. The standard InChI is InChI=1S/C16H23N3O/c1-12(2)19-11-13(3)18-16(19)17-10-9-14-5-7-15(20-4)8-6-14/h5-8,11-12H,9-10H2,1-4H3,(H,17,18). The van der Waals surface area contributed by atoms with Crippen LogP contribution in [0, 0.1) is 6.92 Å². The van der Waals surface area contributed by atoms with E-state index in [2.05, 4.69) is 47.0 Å². The maximum atomic E-state index is 5.16. The summed E-state index contributed by atoms with van der Waals surface area (Å²) in [5, 5.41) is 3.41. The van der Waals surface area contributed by atoms with E-state index in [4.69, 9.17) is 4.74 Å². The maximum Gasteiger partial charge on any atom is 0.203 e. The van der Waals surface area contributed by atoms with E-state index < -0.39 is 0 Å². The fourth-order valence-corrected chi connectivity index (χ4v) is 2.15. The van der Waals surface area contributed by atoms with Gasteiger partial charge in [-0.15, -0.1) is 0 Å². The van der Waals surface area contributed by atoms with Crippen molar-refractivity contribution < 1.29 is 4.74 Å². The van der Waals surface area contributed by atoms with Gasteiger partial charge in [-0.25, -0.2) is 4.98 Å². The Labute approximate surface area is 120 Å². The highest BCUT2D eigenvalue weighted by atomic mass is 16.5. The largest absolute Gasteiger partial charge is 0.497 e. The number of methoxy groups -OCH3 is 1. The molecule has 0 saturated heterocycles. The minimum absolute atomic E-state index is 0.416. The van der Waals surface area contributed by atoms with Gasteiger partial charge < -0.3 is 14.6 Å². The van der Waals surface area contributed by atoms with Crippen molar-refractivity contribution >= 4 is 5.95 Å². The van der Waals surface area contributed by atoms with Gasteiger partial charge in [-0.1, -0.05) is 12.1 Å². The van der Waals surface area contributed by atoms with Crippen molar-refractivity contribution in [3.05, 3.63) is 41.7 Å². The van der Waals surface area contributed by atoms with Gasteiger partial charge in [0.15, 0.2) is 0 Å². The first-order valence-corrected chi connectivity index (χ1v) is 7.02. The zero-order valence-electron chi connectivity index (χ0n) is 12.7. The predicted molar refractivity (Wildman–Crippen MR) is 82.5 cm³/mol. The van der Waals surface area contributed by atoms with Crippen LogP contribution in [0.1, 0.15) is 31.1 Å². The van der Waals surface area contributed by atoms with Crippen LogP contribution in [0.2, 0.25) is 0 Å². The normalized spacial score (nSPS) is 10.8. The molecule has 2 aromatic rings. The summed E-state index contributed by atoms with van der Waals surface area (Å²) in [7, 11) is 1.69. The number of aromatic nitrogens is 2. The second-order valence-corrected chi connectivity index (χ2v) is 5.23. The van der Waals surface area contributed by atoms with Crippen molar-refractivity contribution in [1.82, 2.24) is 9.55 Å². The topological polar surface area (TPSA) is 39.1 Å². The number of hydrogen-bond acceptors (Lipinski definition) is 3. The smallest absolute Gasteiger partial charge is 0.203 e. The molecule has 0 aliphatic heterocycles. The third kappa shape index (κ3) is 3.53. The summed E-state index contributed by atoms with van der Waals surface area (Å²) in [5.74, 6) is 1.85. The fraction of sp³-hybridized carbons (Fsp3) is 0.438. The number of nitrogens with zero attached hydrogens (tertiary/aromatic N) is 2. The van der Waals surface area contributed by atoms with Gasteiger partial charge in [0, 0.05) is 18.8 Å². The molecule has 0 aliphatic rings. The molecule has 0 amide bonds. The second-order valence-electron chi connectivity index (χ2n) is 5.23. The molecule has 0 spiro atoms. The van der Waals surface area contributed by atoms with Crippen LogP contribution in [0.3, 0.4) is 0 Å². The van der Waals surface area contributed by atoms with Gasteiger partial charge in [-0.2, -0.15) is 0 Å². The summed E-state index contributed by atoms with van der Waals surface area (Å²) >= 11 is 0. The van der Waals surface area contributed by atoms with Gasteiger partial charge in [-0.05, 0) is 44.9 Å². The molecule has 1 N–H and O–H groups in total. The average molecular weight is 273 g/mol. The van der Waals surface area contributed by atoms with Crippen LogP contribution in [0.25, 0.3) is 0 Å². The van der Waals surface area contributed by atoms with Crippen molar-refractivity contribution in [2.75, 3.05) is 19.0 Å². The molecule has 0 fully saturated rings. The molecule has 4 nitrogen and oxygen atoms in total. The van der Waals surface area contributed by atoms with Gasteiger partial charge in [-0.3, -0.25) is 0 Å². The fourth-order valence-electron chi connectivity index (χ4n) is 2.15. The van der Waals surface area contributed by atoms with Crippen LogP contribution in [-0.4, -0.2) is 23.2 Å². The number of aryl methyl sites for hydroxylation is 1. The maximum absolute atomic E-state index is 5.16. The minimum atomic E-state index is 0.416. The summed E-state index contributed by atoms with van der Waals surface area (Å²) in [6.07, 6.45) is 3.05. The first-order chi connectivity index (χ1) is 9.60. The van der Waals surface area contributed by atoms with Gasteiger partial charge >= 0.3 is 0 Å². The molecular formula is C16H23N3O. The highest BCUT2D eigenvalue weighted by Crippen LogP contribution is 2.16. The predicted octanol–water partition coefficient (Wildman–Crippen LogP) is 3.44. The monoisotopic (exact) mass is 273 g/mol. The van der Waals surface area contributed by atoms with Crippen LogP contribution in [0.4, 0.5) is 5.95 Å². The molecule has 0 atom stereocenters. The first kappa shape index (κ1) is 14.4. The molecule has 0 radical (unpaired) electrons. The molecule has 4 heteroatoms. The lowest BCUT2D eigenvalue weighted by Gasteiger charge is -2.12. The van der Waals surface area contributed by atoms with E-state index in [0.29, 0.717) is 6.04 Å². The van der Waals surface area contributed by atoms with Crippen molar-refractivity contribution in [3.8, 4) is 5.75 Å². The average Bonchev–Trinajstić information content (AvgIpc) is 2.81. The summed E-state index contributed by atoms with van der Waals surface area (Å²) in [6, 6.07) is 8.60. The van der Waals surface area contributed by atoms with Crippen molar-refractivity contribution in [1.29, 1.82) is 0 Å². The Morgan fingerprint density at radius 2 is 1.95 bits per heavy atom. The van der Waals surface area contributed by atoms with E-state index in [1.807, 2.05) is 19.1 Å². The van der Waals surface area contributed by atoms with E-state index in [1.54, 1.807) is 7.11 Å². The molecule has 1 aromatic carbocycles. The lowest BCUT2D eigenvalue weighted by atomic mass is 10.1. The number of imidazole rings is 1.